The lowest BCUT2D eigenvalue weighted by atomic mass is 10.1. The molecule has 0 saturated carbocycles. The summed E-state index contributed by atoms with van der Waals surface area (Å²) < 4.78 is 6.85. The van der Waals surface area contributed by atoms with Crippen molar-refractivity contribution < 1.29 is 4.42 Å². The first-order valence-electron chi connectivity index (χ1n) is 6.24. The third-order valence-corrected chi connectivity index (χ3v) is 4.06. The van der Waals surface area contributed by atoms with Gasteiger partial charge in [0.25, 0.3) is 0 Å². The molecule has 0 aliphatic heterocycles. The van der Waals surface area contributed by atoms with Gasteiger partial charge in [-0.1, -0.05) is 28.1 Å². The molecule has 0 bridgehead atoms. The minimum absolute atomic E-state index is 0.308. The number of thioether (sulfide) groups is 1. The zero-order valence-electron chi connectivity index (χ0n) is 11.2. The highest BCUT2D eigenvalue weighted by Gasteiger charge is 2.06. The van der Waals surface area contributed by atoms with Gasteiger partial charge in [-0.3, -0.25) is 0 Å². The van der Waals surface area contributed by atoms with Crippen LogP contribution >= 0.6 is 27.7 Å². The zero-order chi connectivity index (χ0) is 13.7. The average molecular weight is 340 g/mol. The SMILES string of the molecule is CSCc1ccc(CN[C@H](C)c2ccc(Br)cc2)o1. The molecule has 1 N–H and O–H groups in total. The van der Waals surface area contributed by atoms with Crippen molar-refractivity contribution in [1.82, 2.24) is 5.32 Å². The molecule has 1 aromatic carbocycles. The van der Waals surface area contributed by atoms with Crippen molar-refractivity contribution in [2.45, 2.75) is 25.3 Å². The maximum Gasteiger partial charge on any atom is 0.118 e. The molecule has 0 aliphatic rings. The highest BCUT2D eigenvalue weighted by Crippen LogP contribution is 2.18. The van der Waals surface area contributed by atoms with Crippen LogP contribution in [0.25, 0.3) is 0 Å². The van der Waals surface area contributed by atoms with Crippen molar-refractivity contribution in [3.05, 3.63) is 58.0 Å². The minimum atomic E-state index is 0.308. The van der Waals surface area contributed by atoms with Crippen LogP contribution < -0.4 is 5.32 Å². The third kappa shape index (κ3) is 4.41. The topological polar surface area (TPSA) is 25.2 Å². The van der Waals surface area contributed by atoms with E-state index in [1.807, 2.05) is 6.07 Å². The van der Waals surface area contributed by atoms with E-state index in [2.05, 4.69) is 64.8 Å². The summed E-state index contributed by atoms with van der Waals surface area (Å²) in [4.78, 5) is 0. The number of hydrogen-bond acceptors (Lipinski definition) is 3. The molecular formula is C15H18BrNOS. The molecule has 19 heavy (non-hydrogen) atoms. The highest BCUT2D eigenvalue weighted by molar-refractivity contribution is 9.10. The van der Waals surface area contributed by atoms with Crippen molar-refractivity contribution >= 4 is 27.7 Å². The summed E-state index contributed by atoms with van der Waals surface area (Å²) in [5, 5.41) is 3.47. The van der Waals surface area contributed by atoms with Crippen LogP contribution in [0.15, 0.2) is 45.3 Å². The van der Waals surface area contributed by atoms with Crippen LogP contribution in [0.3, 0.4) is 0 Å². The smallest absolute Gasteiger partial charge is 0.118 e. The largest absolute Gasteiger partial charge is 0.464 e. The Labute approximate surface area is 127 Å². The van der Waals surface area contributed by atoms with Gasteiger partial charge in [-0.2, -0.15) is 11.8 Å². The Morgan fingerprint density at radius 1 is 1.16 bits per heavy atom. The first kappa shape index (κ1) is 14.7. The second-order valence-electron chi connectivity index (χ2n) is 4.46. The Bertz CT molecular complexity index is 509. The molecule has 0 aliphatic carbocycles. The molecule has 1 heterocycles. The van der Waals surface area contributed by atoms with Crippen LogP contribution in [0.4, 0.5) is 0 Å². The quantitative estimate of drug-likeness (QED) is 0.821. The van der Waals surface area contributed by atoms with E-state index in [-0.39, 0.29) is 0 Å². The maximum atomic E-state index is 5.74. The number of rotatable bonds is 6. The van der Waals surface area contributed by atoms with Crippen molar-refractivity contribution in [2.75, 3.05) is 6.26 Å². The van der Waals surface area contributed by atoms with Crippen LogP contribution in [-0.4, -0.2) is 6.26 Å². The van der Waals surface area contributed by atoms with Gasteiger partial charge in [0.05, 0.1) is 12.3 Å². The van der Waals surface area contributed by atoms with Gasteiger partial charge in [-0.05, 0) is 43.0 Å². The summed E-state index contributed by atoms with van der Waals surface area (Å²) >= 11 is 5.22. The summed E-state index contributed by atoms with van der Waals surface area (Å²) in [7, 11) is 0. The maximum absolute atomic E-state index is 5.74. The predicted molar refractivity (Wildman–Crippen MR) is 85.3 cm³/mol. The molecule has 0 saturated heterocycles. The summed E-state index contributed by atoms with van der Waals surface area (Å²) in [6, 6.07) is 12.8. The van der Waals surface area contributed by atoms with Crippen molar-refractivity contribution in [1.29, 1.82) is 0 Å². The van der Waals surface area contributed by atoms with Crippen molar-refractivity contribution in [3.8, 4) is 0 Å². The van der Waals surface area contributed by atoms with Crippen LogP contribution in [-0.2, 0) is 12.3 Å². The number of nitrogens with one attached hydrogen (secondary N) is 1. The normalized spacial score (nSPS) is 12.6. The molecule has 4 heteroatoms. The van der Waals surface area contributed by atoms with Gasteiger partial charge in [-0.25, -0.2) is 0 Å². The predicted octanol–water partition coefficient (Wildman–Crippen LogP) is 4.76. The van der Waals surface area contributed by atoms with Gasteiger partial charge >= 0.3 is 0 Å². The van der Waals surface area contributed by atoms with E-state index >= 15 is 0 Å². The van der Waals surface area contributed by atoms with Crippen LogP contribution in [0, 0.1) is 0 Å². The first-order valence-corrected chi connectivity index (χ1v) is 8.43. The number of furan rings is 1. The molecule has 2 rings (SSSR count). The Morgan fingerprint density at radius 2 is 1.84 bits per heavy atom. The summed E-state index contributed by atoms with van der Waals surface area (Å²) in [5.41, 5.74) is 1.28. The fraction of sp³-hybridized carbons (Fsp3) is 0.333. The first-order chi connectivity index (χ1) is 9.19. The Kier molecular flexibility index (Phi) is 5.55. The van der Waals surface area contributed by atoms with E-state index in [1.165, 1.54) is 5.56 Å². The number of hydrogen-bond donors (Lipinski definition) is 1. The fourth-order valence-corrected chi connectivity index (χ4v) is 2.56. The molecule has 0 unspecified atom stereocenters. The van der Waals surface area contributed by atoms with Gasteiger partial charge in [0.2, 0.25) is 0 Å². The van der Waals surface area contributed by atoms with E-state index in [4.69, 9.17) is 4.42 Å². The van der Waals surface area contributed by atoms with Crippen molar-refractivity contribution in [3.63, 3.8) is 0 Å². The number of benzene rings is 1. The lowest BCUT2D eigenvalue weighted by Gasteiger charge is -2.13. The standard InChI is InChI=1S/C15H18BrNOS/c1-11(12-3-5-13(16)6-4-12)17-9-14-7-8-15(18-14)10-19-2/h3-8,11,17H,9-10H2,1-2H3/t11-/m1/s1. The van der Waals surface area contributed by atoms with Gasteiger partial charge in [0.1, 0.15) is 11.5 Å². The van der Waals surface area contributed by atoms with Crippen LogP contribution in [0.2, 0.25) is 0 Å². The van der Waals surface area contributed by atoms with E-state index in [9.17, 15) is 0 Å². The molecule has 0 radical (unpaired) electrons. The Morgan fingerprint density at radius 3 is 2.53 bits per heavy atom. The van der Waals surface area contributed by atoms with Gasteiger partial charge in [-0.15, -0.1) is 0 Å². The molecule has 1 aromatic heterocycles. The molecule has 0 fully saturated rings. The molecule has 0 spiro atoms. The van der Waals surface area contributed by atoms with E-state index in [0.717, 1.165) is 28.3 Å². The van der Waals surface area contributed by atoms with E-state index < -0.39 is 0 Å². The second kappa shape index (κ2) is 7.17. The van der Waals surface area contributed by atoms with Crippen LogP contribution in [0.5, 0.6) is 0 Å². The Balaban J connectivity index is 1.88. The molecular weight excluding hydrogens is 322 g/mol. The third-order valence-electron chi connectivity index (χ3n) is 2.96. The summed E-state index contributed by atoms with van der Waals surface area (Å²) in [5.74, 6) is 2.97. The Hall–Kier alpha value is -0.710. The van der Waals surface area contributed by atoms with Gasteiger partial charge in [0, 0.05) is 10.5 Å². The zero-order valence-corrected chi connectivity index (χ0v) is 13.6. The van der Waals surface area contributed by atoms with E-state index in [0.29, 0.717) is 6.04 Å². The minimum Gasteiger partial charge on any atom is -0.464 e. The lowest BCUT2D eigenvalue weighted by Crippen LogP contribution is -2.17. The summed E-state index contributed by atoms with van der Waals surface area (Å²) in [6.45, 7) is 2.92. The van der Waals surface area contributed by atoms with E-state index in [1.54, 1.807) is 11.8 Å². The fourth-order valence-electron chi connectivity index (χ4n) is 1.86. The molecule has 1 atom stereocenters. The van der Waals surface area contributed by atoms with Gasteiger partial charge in [0.15, 0.2) is 0 Å². The van der Waals surface area contributed by atoms with Gasteiger partial charge < -0.3 is 9.73 Å². The molecule has 2 aromatic rings. The van der Waals surface area contributed by atoms with Crippen molar-refractivity contribution in [2.24, 2.45) is 0 Å². The highest BCUT2D eigenvalue weighted by atomic mass is 79.9. The summed E-state index contributed by atoms with van der Waals surface area (Å²) in [6.07, 6.45) is 2.08. The average Bonchev–Trinajstić information content (AvgIpc) is 2.85. The second-order valence-corrected chi connectivity index (χ2v) is 6.24. The molecule has 2 nitrogen and oxygen atoms in total. The number of halogens is 1. The molecule has 0 amide bonds. The monoisotopic (exact) mass is 339 g/mol. The van der Waals surface area contributed by atoms with Crippen LogP contribution in [0.1, 0.15) is 30.0 Å². The lowest BCUT2D eigenvalue weighted by molar-refractivity contribution is 0.442. The molecule has 102 valence electrons.